The molecule has 1 N–H and O–H groups in total. The second kappa shape index (κ2) is 10.5. The molecule has 0 aliphatic heterocycles. The predicted octanol–water partition coefficient (Wildman–Crippen LogP) is 6.35. The molecule has 0 saturated heterocycles. The first kappa shape index (κ1) is 23.5. The van der Waals surface area contributed by atoms with E-state index in [1.165, 1.54) is 18.2 Å². The molecular weight excluding hydrogens is 527 g/mol. The molecule has 33 heavy (non-hydrogen) atoms. The van der Waals surface area contributed by atoms with Crippen molar-refractivity contribution in [2.24, 2.45) is 0 Å². The molecule has 0 radical (unpaired) electrons. The van der Waals surface area contributed by atoms with E-state index in [4.69, 9.17) is 11.6 Å². The molecule has 0 unspecified atom stereocenters. The maximum atomic E-state index is 14.1. The van der Waals surface area contributed by atoms with Crippen LogP contribution < -0.4 is 5.32 Å². The molecule has 0 atom stereocenters. The summed E-state index contributed by atoms with van der Waals surface area (Å²) in [4.78, 5) is 12.6. The predicted molar refractivity (Wildman–Crippen MR) is 132 cm³/mol. The fourth-order valence-corrected chi connectivity index (χ4v) is 4.67. The molecule has 1 amide bonds. The van der Waals surface area contributed by atoms with Gasteiger partial charge in [0.05, 0.1) is 17.1 Å². The molecule has 4 aromatic rings. The Bertz CT molecular complexity index is 1280. The summed E-state index contributed by atoms with van der Waals surface area (Å²) in [5, 5.41) is 12.1. The number of aryl methyl sites for hydroxylation is 1. The van der Waals surface area contributed by atoms with Gasteiger partial charge >= 0.3 is 0 Å². The van der Waals surface area contributed by atoms with Crippen molar-refractivity contribution in [3.8, 4) is 5.69 Å². The van der Waals surface area contributed by atoms with E-state index in [-0.39, 0.29) is 17.1 Å². The number of nitrogens with zero attached hydrogens (tertiary/aromatic N) is 3. The number of carbonyl (C=O) groups excluding carboxylic acids is 1. The minimum Gasteiger partial charge on any atom is -0.345 e. The lowest BCUT2D eigenvalue weighted by Crippen LogP contribution is -2.26. The van der Waals surface area contributed by atoms with Crippen LogP contribution in [0.4, 0.5) is 4.39 Å². The van der Waals surface area contributed by atoms with Gasteiger partial charge in [-0.2, -0.15) is 0 Å². The topological polar surface area (TPSA) is 59.8 Å². The number of halogens is 3. The summed E-state index contributed by atoms with van der Waals surface area (Å²) in [6.07, 6.45) is 0. The van der Waals surface area contributed by atoms with E-state index in [1.54, 1.807) is 11.8 Å². The first-order chi connectivity index (χ1) is 15.9. The summed E-state index contributed by atoms with van der Waals surface area (Å²) in [7, 11) is 0. The molecule has 1 aromatic heterocycles. The van der Waals surface area contributed by atoms with Crippen LogP contribution in [-0.2, 0) is 12.3 Å². The maximum absolute atomic E-state index is 14.1. The Morgan fingerprint density at radius 2 is 1.88 bits per heavy atom. The van der Waals surface area contributed by atoms with Crippen molar-refractivity contribution in [2.45, 2.75) is 24.4 Å². The molecule has 168 valence electrons. The minimum atomic E-state index is -0.675. The number of rotatable bonds is 7. The van der Waals surface area contributed by atoms with Gasteiger partial charge in [0.1, 0.15) is 5.82 Å². The summed E-state index contributed by atoms with van der Waals surface area (Å²) < 4.78 is 17.0. The third kappa shape index (κ3) is 5.63. The average Bonchev–Trinajstić information content (AvgIpc) is 3.20. The van der Waals surface area contributed by atoms with Crippen molar-refractivity contribution < 1.29 is 9.18 Å². The van der Waals surface area contributed by atoms with Gasteiger partial charge in [0.25, 0.3) is 5.91 Å². The molecule has 0 aliphatic carbocycles. The zero-order chi connectivity index (χ0) is 23.4. The van der Waals surface area contributed by atoms with Gasteiger partial charge in [0, 0.05) is 15.9 Å². The van der Waals surface area contributed by atoms with Crippen LogP contribution in [0.2, 0.25) is 5.02 Å². The van der Waals surface area contributed by atoms with Crippen molar-refractivity contribution in [1.82, 2.24) is 20.1 Å². The fourth-order valence-electron chi connectivity index (χ4n) is 3.23. The van der Waals surface area contributed by atoms with Gasteiger partial charge in [0.15, 0.2) is 11.0 Å². The van der Waals surface area contributed by atoms with Crippen LogP contribution in [0, 0.1) is 12.7 Å². The largest absolute Gasteiger partial charge is 0.345 e. The Morgan fingerprint density at radius 3 is 2.61 bits per heavy atom. The van der Waals surface area contributed by atoms with Crippen LogP contribution in [0.5, 0.6) is 0 Å². The molecule has 0 saturated carbocycles. The smallest absolute Gasteiger partial charge is 0.256 e. The molecule has 5 nitrogen and oxygen atoms in total. The Hall–Kier alpha value is -2.68. The van der Waals surface area contributed by atoms with Crippen LogP contribution in [0.1, 0.15) is 27.3 Å². The normalized spacial score (nSPS) is 10.9. The third-order valence-electron chi connectivity index (χ3n) is 4.84. The lowest BCUT2D eigenvalue weighted by Gasteiger charge is -2.12. The average molecular weight is 546 g/mol. The highest BCUT2D eigenvalue weighted by atomic mass is 79.9. The number of benzene rings is 3. The van der Waals surface area contributed by atoms with Gasteiger partial charge in [-0.3, -0.25) is 9.36 Å². The highest BCUT2D eigenvalue weighted by Gasteiger charge is 2.19. The standard InChI is InChI=1S/C24H19BrClFN4OS/c1-15-4-2-5-18(12-15)31-21(13-28-23(32)22-19(26)6-3-7-20(22)27)29-30-24(31)33-14-16-8-10-17(25)11-9-16/h2-12H,13-14H2,1H3,(H,28,32). The van der Waals surface area contributed by atoms with E-state index in [2.05, 4.69) is 31.4 Å². The molecule has 0 fully saturated rings. The van der Waals surface area contributed by atoms with E-state index in [1.807, 2.05) is 60.0 Å². The first-order valence-corrected chi connectivity index (χ1v) is 12.2. The van der Waals surface area contributed by atoms with Crippen LogP contribution in [0.15, 0.2) is 76.4 Å². The van der Waals surface area contributed by atoms with Crippen LogP contribution in [0.3, 0.4) is 0 Å². The summed E-state index contributed by atoms with van der Waals surface area (Å²) in [5.74, 6) is -0.0550. The number of carbonyl (C=O) groups is 1. The number of hydrogen-bond donors (Lipinski definition) is 1. The highest BCUT2D eigenvalue weighted by molar-refractivity contribution is 9.10. The van der Waals surface area contributed by atoms with Crippen LogP contribution >= 0.6 is 39.3 Å². The second-order valence-electron chi connectivity index (χ2n) is 7.27. The Kier molecular flexibility index (Phi) is 7.47. The lowest BCUT2D eigenvalue weighted by atomic mass is 10.2. The Balaban J connectivity index is 1.59. The Labute approximate surface area is 208 Å². The van der Waals surface area contributed by atoms with Crippen molar-refractivity contribution in [1.29, 1.82) is 0 Å². The molecular formula is C24H19BrClFN4OS. The van der Waals surface area contributed by atoms with Gasteiger partial charge in [-0.15, -0.1) is 10.2 Å². The molecule has 9 heteroatoms. The zero-order valence-corrected chi connectivity index (χ0v) is 20.7. The van der Waals surface area contributed by atoms with Crippen molar-refractivity contribution in [3.63, 3.8) is 0 Å². The van der Waals surface area contributed by atoms with Gasteiger partial charge in [-0.05, 0) is 54.4 Å². The lowest BCUT2D eigenvalue weighted by molar-refractivity contribution is 0.0945. The van der Waals surface area contributed by atoms with E-state index in [0.29, 0.717) is 16.7 Å². The van der Waals surface area contributed by atoms with Gasteiger partial charge in [-0.1, -0.05) is 69.6 Å². The first-order valence-electron chi connectivity index (χ1n) is 10.0. The monoisotopic (exact) mass is 544 g/mol. The molecule has 4 rings (SSSR count). The van der Waals surface area contributed by atoms with Gasteiger partial charge in [0.2, 0.25) is 0 Å². The van der Waals surface area contributed by atoms with Crippen molar-refractivity contribution in [3.05, 3.63) is 105 Å². The summed E-state index contributed by atoms with van der Waals surface area (Å²) in [6.45, 7) is 2.06. The van der Waals surface area contributed by atoms with E-state index in [0.717, 1.165) is 21.3 Å². The van der Waals surface area contributed by atoms with Crippen molar-refractivity contribution in [2.75, 3.05) is 0 Å². The highest BCUT2D eigenvalue weighted by Crippen LogP contribution is 2.26. The third-order valence-corrected chi connectivity index (χ3v) is 6.68. The van der Waals surface area contributed by atoms with Gasteiger partial charge in [-0.25, -0.2) is 4.39 Å². The molecule has 0 spiro atoms. The number of thioether (sulfide) groups is 1. The zero-order valence-electron chi connectivity index (χ0n) is 17.6. The van der Waals surface area contributed by atoms with Gasteiger partial charge < -0.3 is 5.32 Å². The SMILES string of the molecule is Cc1cccc(-n2c(CNC(=O)c3c(F)cccc3Cl)nnc2SCc2ccc(Br)cc2)c1. The molecule has 0 bridgehead atoms. The molecule has 1 heterocycles. The summed E-state index contributed by atoms with van der Waals surface area (Å²) >= 11 is 11.0. The number of nitrogens with one attached hydrogen (secondary N) is 1. The Morgan fingerprint density at radius 1 is 1.12 bits per heavy atom. The number of aromatic nitrogens is 3. The fraction of sp³-hybridized carbons (Fsp3) is 0.125. The van der Waals surface area contributed by atoms with E-state index < -0.39 is 11.7 Å². The molecule has 3 aromatic carbocycles. The molecule has 0 aliphatic rings. The van der Waals surface area contributed by atoms with Crippen LogP contribution in [-0.4, -0.2) is 20.7 Å². The maximum Gasteiger partial charge on any atom is 0.256 e. The van der Waals surface area contributed by atoms with Crippen LogP contribution in [0.25, 0.3) is 5.69 Å². The number of hydrogen-bond acceptors (Lipinski definition) is 4. The van der Waals surface area contributed by atoms with E-state index in [9.17, 15) is 9.18 Å². The quantitative estimate of drug-likeness (QED) is 0.275. The number of amides is 1. The minimum absolute atomic E-state index is 0.0541. The second-order valence-corrected chi connectivity index (χ2v) is 9.53. The van der Waals surface area contributed by atoms with E-state index >= 15 is 0 Å². The summed E-state index contributed by atoms with van der Waals surface area (Å²) in [6, 6.07) is 20.2. The van der Waals surface area contributed by atoms with Crippen molar-refractivity contribution >= 4 is 45.2 Å². The summed E-state index contributed by atoms with van der Waals surface area (Å²) in [5.41, 5.74) is 2.92.